The molecule has 2 bridgehead atoms. The highest BCUT2D eigenvalue weighted by molar-refractivity contribution is 5.05. The van der Waals surface area contributed by atoms with Crippen molar-refractivity contribution >= 4 is 0 Å². The standard InChI is InChI=1S/C13H24/c1-9(2)13(10(3)4)11-5-6-12(13)8-7-11/h9-12H,5-8H2,1-4H3. The van der Waals surface area contributed by atoms with Gasteiger partial charge in [-0.2, -0.15) is 0 Å². The Hall–Kier alpha value is 0. The van der Waals surface area contributed by atoms with Crippen LogP contribution in [0.15, 0.2) is 0 Å². The van der Waals surface area contributed by atoms with Gasteiger partial charge in [0.05, 0.1) is 0 Å². The van der Waals surface area contributed by atoms with Crippen LogP contribution in [0.4, 0.5) is 0 Å². The molecular weight excluding hydrogens is 156 g/mol. The molecule has 0 heterocycles. The minimum Gasteiger partial charge on any atom is -0.0622 e. The van der Waals surface area contributed by atoms with Crippen LogP contribution in [-0.4, -0.2) is 0 Å². The molecule has 0 heteroatoms. The van der Waals surface area contributed by atoms with E-state index in [0.29, 0.717) is 0 Å². The molecule has 2 rings (SSSR count). The molecule has 2 fully saturated rings. The minimum atomic E-state index is 0.722. The molecule has 0 nitrogen and oxygen atoms in total. The Morgan fingerprint density at radius 1 is 0.769 bits per heavy atom. The van der Waals surface area contributed by atoms with Crippen molar-refractivity contribution < 1.29 is 0 Å². The zero-order chi connectivity index (χ0) is 9.64. The van der Waals surface area contributed by atoms with Crippen LogP contribution in [-0.2, 0) is 0 Å². The first-order valence-corrected chi connectivity index (χ1v) is 6.10. The van der Waals surface area contributed by atoms with Crippen LogP contribution in [0.2, 0.25) is 0 Å². The normalized spacial score (nSPS) is 36.5. The van der Waals surface area contributed by atoms with Gasteiger partial charge in [0.1, 0.15) is 0 Å². The van der Waals surface area contributed by atoms with E-state index in [-0.39, 0.29) is 0 Å². The van der Waals surface area contributed by atoms with Crippen molar-refractivity contribution in [3.8, 4) is 0 Å². The summed E-state index contributed by atoms with van der Waals surface area (Å²) in [5, 5.41) is 0. The van der Waals surface area contributed by atoms with Crippen molar-refractivity contribution in [2.75, 3.05) is 0 Å². The summed E-state index contributed by atoms with van der Waals surface area (Å²) < 4.78 is 0. The molecule has 0 aromatic heterocycles. The van der Waals surface area contributed by atoms with Crippen LogP contribution in [0.25, 0.3) is 0 Å². The molecule has 0 radical (unpaired) electrons. The molecule has 0 aromatic rings. The number of fused-ring (bicyclic) bond motifs is 2. The minimum absolute atomic E-state index is 0.722. The van der Waals surface area contributed by atoms with Crippen molar-refractivity contribution in [1.29, 1.82) is 0 Å². The zero-order valence-electron chi connectivity index (χ0n) is 9.64. The van der Waals surface area contributed by atoms with Gasteiger partial charge in [0, 0.05) is 0 Å². The molecule has 0 N–H and O–H groups in total. The first-order chi connectivity index (χ1) is 6.10. The van der Waals surface area contributed by atoms with Crippen LogP contribution in [0, 0.1) is 29.1 Å². The Bertz CT molecular complexity index is 160. The zero-order valence-corrected chi connectivity index (χ0v) is 9.64. The Morgan fingerprint density at radius 3 is 1.23 bits per heavy atom. The van der Waals surface area contributed by atoms with Gasteiger partial charge in [0.15, 0.2) is 0 Å². The quantitative estimate of drug-likeness (QED) is 0.600. The maximum absolute atomic E-state index is 2.46. The largest absolute Gasteiger partial charge is 0.0622 e. The SMILES string of the molecule is CC(C)C1(C(C)C)C2CCC1CC2. The molecule has 13 heavy (non-hydrogen) atoms. The van der Waals surface area contributed by atoms with E-state index in [0.717, 1.165) is 29.1 Å². The fourth-order valence-corrected chi connectivity index (χ4v) is 4.98. The van der Waals surface area contributed by atoms with Crippen LogP contribution in [0.1, 0.15) is 53.4 Å². The lowest BCUT2D eigenvalue weighted by Crippen LogP contribution is -2.37. The van der Waals surface area contributed by atoms with Crippen LogP contribution < -0.4 is 0 Å². The van der Waals surface area contributed by atoms with Gasteiger partial charge in [-0.25, -0.2) is 0 Å². The van der Waals surface area contributed by atoms with Crippen LogP contribution in [0.3, 0.4) is 0 Å². The first kappa shape index (κ1) is 9.55. The van der Waals surface area contributed by atoms with E-state index in [1.807, 2.05) is 0 Å². The molecule has 0 aliphatic heterocycles. The van der Waals surface area contributed by atoms with Gasteiger partial charge >= 0.3 is 0 Å². The van der Waals surface area contributed by atoms with E-state index in [2.05, 4.69) is 27.7 Å². The molecule has 0 saturated heterocycles. The second kappa shape index (κ2) is 3.00. The van der Waals surface area contributed by atoms with Gasteiger partial charge in [-0.3, -0.25) is 0 Å². The van der Waals surface area contributed by atoms with Crippen molar-refractivity contribution in [3.63, 3.8) is 0 Å². The Kier molecular flexibility index (Phi) is 2.20. The first-order valence-electron chi connectivity index (χ1n) is 6.10. The lowest BCUT2D eigenvalue weighted by atomic mass is 9.62. The fraction of sp³-hybridized carbons (Fsp3) is 1.00. The monoisotopic (exact) mass is 180 g/mol. The molecular formula is C13H24. The molecule has 0 spiro atoms. The van der Waals surface area contributed by atoms with Crippen molar-refractivity contribution in [2.24, 2.45) is 29.1 Å². The molecule has 0 amide bonds. The van der Waals surface area contributed by atoms with Gasteiger partial charge < -0.3 is 0 Å². The molecule has 2 saturated carbocycles. The van der Waals surface area contributed by atoms with Gasteiger partial charge in [-0.05, 0) is 54.8 Å². The maximum atomic E-state index is 2.46. The maximum Gasteiger partial charge on any atom is -0.0195 e. The summed E-state index contributed by atoms with van der Waals surface area (Å²) in [6.45, 7) is 9.82. The van der Waals surface area contributed by atoms with E-state index >= 15 is 0 Å². The van der Waals surface area contributed by atoms with E-state index in [1.165, 1.54) is 25.7 Å². The number of rotatable bonds is 2. The lowest BCUT2D eigenvalue weighted by molar-refractivity contribution is 0.0509. The topological polar surface area (TPSA) is 0 Å². The average Bonchev–Trinajstić information content (AvgIpc) is 2.57. The number of hydrogen-bond donors (Lipinski definition) is 0. The fourth-order valence-electron chi connectivity index (χ4n) is 4.98. The summed E-state index contributed by atoms with van der Waals surface area (Å²) in [5.74, 6) is 3.93. The van der Waals surface area contributed by atoms with Crippen LogP contribution >= 0.6 is 0 Å². The van der Waals surface area contributed by atoms with E-state index < -0.39 is 0 Å². The third kappa shape index (κ3) is 1.04. The predicted octanol–water partition coefficient (Wildman–Crippen LogP) is 4.10. The van der Waals surface area contributed by atoms with Crippen molar-refractivity contribution in [1.82, 2.24) is 0 Å². The van der Waals surface area contributed by atoms with Gasteiger partial charge in [-0.15, -0.1) is 0 Å². The summed E-state index contributed by atoms with van der Waals surface area (Å²) in [6, 6.07) is 0. The second-order valence-electron chi connectivity index (χ2n) is 5.86. The summed E-state index contributed by atoms with van der Waals surface area (Å²) in [5.41, 5.74) is 0.722. The molecule has 0 aromatic carbocycles. The van der Waals surface area contributed by atoms with Crippen molar-refractivity contribution in [2.45, 2.75) is 53.4 Å². The Balaban J connectivity index is 2.33. The molecule has 2 aliphatic rings. The lowest BCUT2D eigenvalue weighted by Gasteiger charge is -2.43. The number of hydrogen-bond acceptors (Lipinski definition) is 0. The van der Waals surface area contributed by atoms with E-state index in [4.69, 9.17) is 0 Å². The predicted molar refractivity (Wildman–Crippen MR) is 57.6 cm³/mol. The van der Waals surface area contributed by atoms with Crippen LogP contribution in [0.5, 0.6) is 0 Å². The van der Waals surface area contributed by atoms with E-state index in [1.54, 1.807) is 0 Å². The van der Waals surface area contributed by atoms with Gasteiger partial charge in [0.25, 0.3) is 0 Å². The molecule has 0 unspecified atom stereocenters. The molecule has 0 atom stereocenters. The Labute approximate surface area is 83.1 Å². The highest BCUT2D eigenvalue weighted by Gasteiger charge is 2.56. The summed E-state index contributed by atoms with van der Waals surface area (Å²) in [6.07, 6.45) is 6.12. The van der Waals surface area contributed by atoms with Gasteiger partial charge in [0.2, 0.25) is 0 Å². The molecule has 76 valence electrons. The third-order valence-corrected chi connectivity index (χ3v) is 5.14. The molecule has 2 aliphatic carbocycles. The Morgan fingerprint density at radius 2 is 1.08 bits per heavy atom. The van der Waals surface area contributed by atoms with Crippen molar-refractivity contribution in [3.05, 3.63) is 0 Å². The highest BCUT2D eigenvalue weighted by Crippen LogP contribution is 2.64. The highest BCUT2D eigenvalue weighted by atomic mass is 14.6. The second-order valence-corrected chi connectivity index (χ2v) is 5.86. The summed E-state index contributed by atoms with van der Waals surface area (Å²) in [4.78, 5) is 0. The summed E-state index contributed by atoms with van der Waals surface area (Å²) in [7, 11) is 0. The van der Waals surface area contributed by atoms with E-state index in [9.17, 15) is 0 Å². The van der Waals surface area contributed by atoms with Gasteiger partial charge in [-0.1, -0.05) is 27.7 Å². The third-order valence-electron chi connectivity index (χ3n) is 5.14. The smallest absolute Gasteiger partial charge is 0.0195 e. The summed E-state index contributed by atoms with van der Waals surface area (Å²) >= 11 is 0. The average molecular weight is 180 g/mol.